The summed E-state index contributed by atoms with van der Waals surface area (Å²) in [5.41, 5.74) is 7.17. The van der Waals surface area contributed by atoms with Crippen LogP contribution in [0.5, 0.6) is 0 Å². The van der Waals surface area contributed by atoms with Crippen molar-refractivity contribution in [3.8, 4) is 0 Å². The van der Waals surface area contributed by atoms with Gasteiger partial charge in [0.2, 0.25) is 0 Å². The fourth-order valence-corrected chi connectivity index (χ4v) is 2.53. The summed E-state index contributed by atoms with van der Waals surface area (Å²) in [6.45, 7) is 4.43. The fraction of sp³-hybridized carbons (Fsp3) is 0.500. The van der Waals surface area contributed by atoms with E-state index in [1.54, 1.807) is 6.20 Å². The van der Waals surface area contributed by atoms with Crippen molar-refractivity contribution in [1.29, 1.82) is 0 Å². The predicted octanol–water partition coefficient (Wildman–Crippen LogP) is 2.46. The van der Waals surface area contributed by atoms with Gasteiger partial charge in [0.25, 0.3) is 0 Å². The van der Waals surface area contributed by atoms with Crippen LogP contribution >= 0.6 is 11.8 Å². The quantitative estimate of drug-likeness (QED) is 0.353. The van der Waals surface area contributed by atoms with Crippen molar-refractivity contribution in [3.63, 3.8) is 0 Å². The SMILES string of the molecule is CCC(C)CSCc1cccnc1/C(N)=N/O. The molecule has 1 rings (SSSR count). The van der Waals surface area contributed by atoms with Crippen LogP contribution in [0.4, 0.5) is 0 Å². The Morgan fingerprint density at radius 3 is 3.06 bits per heavy atom. The lowest BCUT2D eigenvalue weighted by molar-refractivity contribution is 0.318. The first-order valence-corrected chi connectivity index (χ1v) is 6.84. The Kier molecular flexibility index (Phi) is 5.83. The van der Waals surface area contributed by atoms with Crippen molar-refractivity contribution in [2.45, 2.75) is 26.0 Å². The van der Waals surface area contributed by atoms with Crippen LogP contribution in [0.15, 0.2) is 23.5 Å². The smallest absolute Gasteiger partial charge is 0.189 e. The van der Waals surface area contributed by atoms with E-state index in [0.717, 1.165) is 17.1 Å². The van der Waals surface area contributed by atoms with Gasteiger partial charge >= 0.3 is 0 Å². The van der Waals surface area contributed by atoms with Gasteiger partial charge in [-0.3, -0.25) is 4.98 Å². The third kappa shape index (κ3) is 4.26. The monoisotopic (exact) mass is 253 g/mol. The molecule has 1 heterocycles. The van der Waals surface area contributed by atoms with Crippen LogP contribution in [0.1, 0.15) is 31.5 Å². The minimum Gasteiger partial charge on any atom is -0.409 e. The van der Waals surface area contributed by atoms with Gasteiger partial charge in [-0.05, 0) is 23.3 Å². The van der Waals surface area contributed by atoms with Crippen molar-refractivity contribution >= 4 is 17.6 Å². The van der Waals surface area contributed by atoms with E-state index in [9.17, 15) is 0 Å². The Morgan fingerprint density at radius 1 is 1.65 bits per heavy atom. The molecule has 4 nitrogen and oxygen atoms in total. The molecule has 0 saturated carbocycles. The minimum atomic E-state index is 0.0738. The zero-order chi connectivity index (χ0) is 12.7. The van der Waals surface area contributed by atoms with Crippen molar-refractivity contribution < 1.29 is 5.21 Å². The standard InChI is InChI=1S/C12H19N3OS/c1-3-9(2)7-17-8-10-5-4-6-14-11(10)12(13)15-16/h4-6,9,16H,3,7-8H2,1-2H3,(H2,13,15). The molecule has 0 fully saturated rings. The Labute approximate surface area is 106 Å². The van der Waals surface area contributed by atoms with E-state index in [2.05, 4.69) is 24.0 Å². The van der Waals surface area contributed by atoms with Crippen LogP contribution in [0.3, 0.4) is 0 Å². The average Bonchev–Trinajstić information content (AvgIpc) is 2.38. The molecule has 0 aliphatic carbocycles. The third-order valence-corrected chi connectivity index (χ3v) is 3.92. The molecule has 1 atom stereocenters. The first-order valence-electron chi connectivity index (χ1n) is 5.68. The molecule has 1 aromatic rings. The number of rotatable bonds is 6. The molecule has 17 heavy (non-hydrogen) atoms. The van der Waals surface area contributed by atoms with Gasteiger partial charge < -0.3 is 10.9 Å². The molecular formula is C12H19N3OS. The molecule has 5 heteroatoms. The maximum Gasteiger partial charge on any atom is 0.189 e. The summed E-state index contributed by atoms with van der Waals surface area (Å²) < 4.78 is 0. The van der Waals surface area contributed by atoms with E-state index in [0.29, 0.717) is 11.6 Å². The van der Waals surface area contributed by atoms with Crippen molar-refractivity contribution in [3.05, 3.63) is 29.6 Å². The molecule has 0 bridgehead atoms. The molecule has 94 valence electrons. The summed E-state index contributed by atoms with van der Waals surface area (Å²) in [7, 11) is 0. The van der Waals surface area contributed by atoms with E-state index in [1.165, 1.54) is 6.42 Å². The maximum atomic E-state index is 8.68. The zero-order valence-electron chi connectivity index (χ0n) is 10.3. The number of oxime groups is 1. The Bertz CT molecular complexity index is 382. The molecule has 1 unspecified atom stereocenters. The molecule has 1 aromatic heterocycles. The zero-order valence-corrected chi connectivity index (χ0v) is 11.1. The largest absolute Gasteiger partial charge is 0.409 e. The number of nitrogens with zero attached hydrogens (tertiary/aromatic N) is 2. The van der Waals surface area contributed by atoms with E-state index in [4.69, 9.17) is 10.9 Å². The highest BCUT2D eigenvalue weighted by Gasteiger charge is 2.08. The molecule has 0 radical (unpaired) electrons. The van der Waals surface area contributed by atoms with E-state index in [-0.39, 0.29) is 5.84 Å². The lowest BCUT2D eigenvalue weighted by Gasteiger charge is -2.09. The molecule has 0 saturated heterocycles. The number of hydrogen-bond donors (Lipinski definition) is 2. The number of aromatic nitrogens is 1. The van der Waals surface area contributed by atoms with E-state index in [1.807, 2.05) is 23.9 Å². The number of amidine groups is 1. The van der Waals surface area contributed by atoms with Crippen LogP contribution < -0.4 is 5.73 Å². The van der Waals surface area contributed by atoms with Gasteiger partial charge in [0.15, 0.2) is 5.84 Å². The van der Waals surface area contributed by atoms with Gasteiger partial charge in [0.05, 0.1) is 0 Å². The summed E-state index contributed by atoms with van der Waals surface area (Å²) in [6, 6.07) is 3.83. The number of thioether (sulfide) groups is 1. The lowest BCUT2D eigenvalue weighted by Crippen LogP contribution is -2.17. The van der Waals surface area contributed by atoms with Crippen molar-refractivity contribution in [1.82, 2.24) is 4.98 Å². The molecule has 0 amide bonds. The topological polar surface area (TPSA) is 71.5 Å². The molecule has 0 aliphatic heterocycles. The van der Waals surface area contributed by atoms with Crippen LogP contribution in [0, 0.1) is 5.92 Å². The summed E-state index contributed by atoms with van der Waals surface area (Å²) in [5, 5.41) is 11.7. The molecule has 0 aromatic carbocycles. The van der Waals surface area contributed by atoms with Gasteiger partial charge in [0, 0.05) is 11.9 Å². The van der Waals surface area contributed by atoms with Crippen molar-refractivity contribution in [2.24, 2.45) is 16.8 Å². The second-order valence-corrected chi connectivity index (χ2v) is 5.06. The van der Waals surface area contributed by atoms with Gasteiger partial charge in [0.1, 0.15) is 5.69 Å². The maximum absolute atomic E-state index is 8.68. The van der Waals surface area contributed by atoms with E-state index < -0.39 is 0 Å². The Hall–Kier alpha value is -1.23. The minimum absolute atomic E-state index is 0.0738. The summed E-state index contributed by atoms with van der Waals surface area (Å²) >= 11 is 1.85. The third-order valence-electron chi connectivity index (χ3n) is 2.60. The normalized spacial score (nSPS) is 13.6. The van der Waals surface area contributed by atoms with Gasteiger partial charge in [-0.1, -0.05) is 31.5 Å². The van der Waals surface area contributed by atoms with Crippen molar-refractivity contribution in [2.75, 3.05) is 5.75 Å². The highest BCUT2D eigenvalue weighted by molar-refractivity contribution is 7.98. The number of hydrogen-bond acceptors (Lipinski definition) is 4. The van der Waals surface area contributed by atoms with Crippen LogP contribution in [-0.2, 0) is 5.75 Å². The fourth-order valence-electron chi connectivity index (χ4n) is 1.32. The molecule has 3 N–H and O–H groups in total. The average molecular weight is 253 g/mol. The number of nitrogens with two attached hydrogens (primary N) is 1. The van der Waals surface area contributed by atoms with Gasteiger partial charge in [-0.25, -0.2) is 0 Å². The van der Waals surface area contributed by atoms with Gasteiger partial charge in [-0.15, -0.1) is 0 Å². The Morgan fingerprint density at radius 2 is 2.41 bits per heavy atom. The van der Waals surface area contributed by atoms with Crippen LogP contribution in [0.2, 0.25) is 0 Å². The molecule has 0 spiro atoms. The first-order chi connectivity index (χ1) is 8.19. The highest BCUT2D eigenvalue weighted by atomic mass is 32.2. The predicted molar refractivity (Wildman–Crippen MR) is 72.4 cm³/mol. The summed E-state index contributed by atoms with van der Waals surface area (Å²) in [5.74, 6) is 2.73. The van der Waals surface area contributed by atoms with E-state index >= 15 is 0 Å². The molecular weight excluding hydrogens is 234 g/mol. The summed E-state index contributed by atoms with van der Waals surface area (Å²) in [6.07, 6.45) is 2.84. The van der Waals surface area contributed by atoms with Crippen LogP contribution in [0.25, 0.3) is 0 Å². The number of pyridine rings is 1. The first kappa shape index (κ1) is 13.8. The second kappa shape index (κ2) is 7.17. The van der Waals surface area contributed by atoms with Gasteiger partial charge in [-0.2, -0.15) is 11.8 Å². The molecule has 0 aliphatic rings. The lowest BCUT2D eigenvalue weighted by atomic mass is 10.2. The van der Waals surface area contributed by atoms with Crippen LogP contribution in [-0.4, -0.2) is 21.8 Å². The Balaban J connectivity index is 2.64. The second-order valence-electron chi connectivity index (χ2n) is 4.02. The highest BCUT2D eigenvalue weighted by Crippen LogP contribution is 2.18. The summed E-state index contributed by atoms with van der Waals surface area (Å²) in [4.78, 5) is 4.14.